The van der Waals surface area contributed by atoms with E-state index in [0.29, 0.717) is 11.3 Å². The average molecular weight is 295 g/mol. The molecule has 0 aromatic heterocycles. The van der Waals surface area contributed by atoms with Crippen LogP contribution >= 0.6 is 0 Å². The van der Waals surface area contributed by atoms with Gasteiger partial charge in [-0.15, -0.1) is 0 Å². The van der Waals surface area contributed by atoms with Gasteiger partial charge in [-0.2, -0.15) is 0 Å². The first-order valence-electron chi connectivity index (χ1n) is 6.59. The molecule has 0 spiro atoms. The molecule has 2 N–H and O–H groups in total. The number of hydrogen-bond donors (Lipinski definition) is 2. The Balaban J connectivity index is 2.02. The molecular weight excluding hydrogens is 277 g/mol. The van der Waals surface area contributed by atoms with E-state index in [1.807, 2.05) is 0 Å². The van der Waals surface area contributed by atoms with Gasteiger partial charge in [-0.05, 0) is 45.0 Å². The molecule has 0 bridgehead atoms. The summed E-state index contributed by atoms with van der Waals surface area (Å²) in [7, 11) is 0. The molecule has 0 aliphatic carbocycles. The van der Waals surface area contributed by atoms with E-state index in [0.717, 1.165) is 0 Å². The number of aromatic hydroxyl groups is 1. The second-order valence-electron chi connectivity index (χ2n) is 5.80. The van der Waals surface area contributed by atoms with E-state index in [-0.39, 0.29) is 12.4 Å². The first kappa shape index (κ1) is 15.3. The minimum atomic E-state index is -0.717. The minimum absolute atomic E-state index is 0.0638. The van der Waals surface area contributed by atoms with Crippen LogP contribution in [0.25, 0.3) is 5.70 Å². The van der Waals surface area contributed by atoms with Crippen molar-refractivity contribution < 1.29 is 23.9 Å². The van der Waals surface area contributed by atoms with E-state index in [1.54, 1.807) is 32.9 Å². The van der Waals surface area contributed by atoms with Gasteiger partial charge in [0.2, 0.25) is 0 Å². The van der Waals surface area contributed by atoms with E-state index in [4.69, 9.17) is 14.7 Å². The summed E-state index contributed by atoms with van der Waals surface area (Å²) in [6.07, 6.45) is 1.26. The Morgan fingerprint density at radius 2 is 2.19 bits per heavy atom. The normalized spacial score (nSPS) is 18.1. The monoisotopic (exact) mass is 295 g/mol. The molecule has 1 heterocycles. The predicted octanol–water partition coefficient (Wildman–Crippen LogP) is 2.51. The van der Waals surface area contributed by atoms with Crippen LogP contribution in [-0.2, 0) is 14.4 Å². The van der Waals surface area contributed by atoms with Crippen molar-refractivity contribution >= 4 is 11.7 Å². The molecule has 1 aliphatic rings. The van der Waals surface area contributed by atoms with Crippen molar-refractivity contribution in [3.8, 4) is 5.75 Å². The highest BCUT2D eigenvalue weighted by atomic mass is 19.1. The van der Waals surface area contributed by atoms with Crippen LogP contribution in [0.1, 0.15) is 32.8 Å². The van der Waals surface area contributed by atoms with Crippen molar-refractivity contribution in [3.05, 3.63) is 35.7 Å². The van der Waals surface area contributed by atoms with Crippen LogP contribution in [0, 0.1) is 5.82 Å². The van der Waals surface area contributed by atoms with Crippen molar-refractivity contribution in [1.82, 2.24) is 5.48 Å². The zero-order valence-corrected chi connectivity index (χ0v) is 12.1. The highest BCUT2D eigenvalue weighted by Crippen LogP contribution is 2.24. The fourth-order valence-electron chi connectivity index (χ4n) is 1.87. The quantitative estimate of drug-likeness (QED) is 0.839. The fraction of sp³-hybridized carbons (Fsp3) is 0.400. The van der Waals surface area contributed by atoms with Crippen molar-refractivity contribution in [3.63, 3.8) is 0 Å². The molecule has 6 heteroatoms. The Labute approximate surface area is 122 Å². The molecule has 114 valence electrons. The number of halogens is 1. The van der Waals surface area contributed by atoms with E-state index in [2.05, 4.69) is 5.48 Å². The number of ether oxygens (including phenoxy) is 1. The largest absolute Gasteiger partial charge is 0.505 e. The lowest BCUT2D eigenvalue weighted by atomic mass is 10.1. The minimum Gasteiger partial charge on any atom is -0.505 e. The summed E-state index contributed by atoms with van der Waals surface area (Å²) in [5.74, 6) is -1.50. The topological polar surface area (TPSA) is 67.8 Å². The summed E-state index contributed by atoms with van der Waals surface area (Å²) in [5, 5.41) is 9.16. The number of phenolic OH excluding ortho intramolecular Hbond substituents is 1. The first-order chi connectivity index (χ1) is 9.74. The maximum absolute atomic E-state index is 13.3. The second-order valence-corrected chi connectivity index (χ2v) is 5.80. The van der Waals surface area contributed by atoms with Crippen molar-refractivity contribution in [2.45, 2.75) is 38.9 Å². The zero-order valence-electron chi connectivity index (χ0n) is 12.1. The lowest BCUT2D eigenvalue weighted by Gasteiger charge is -2.20. The molecule has 1 aromatic carbocycles. The number of hydrogen-bond acceptors (Lipinski definition) is 5. The van der Waals surface area contributed by atoms with Crippen LogP contribution in [0.5, 0.6) is 5.75 Å². The number of phenols is 1. The number of benzene rings is 1. The number of hydroxylamine groups is 1. The molecule has 0 saturated heterocycles. The molecule has 0 unspecified atom stereocenters. The summed E-state index contributed by atoms with van der Waals surface area (Å²) in [6.45, 7) is 5.37. The molecule has 21 heavy (non-hydrogen) atoms. The van der Waals surface area contributed by atoms with Crippen LogP contribution in [0.15, 0.2) is 24.3 Å². The summed E-state index contributed by atoms with van der Waals surface area (Å²) >= 11 is 0. The van der Waals surface area contributed by atoms with Gasteiger partial charge >= 0.3 is 5.97 Å². The molecule has 0 saturated carbocycles. The van der Waals surface area contributed by atoms with E-state index < -0.39 is 23.3 Å². The SMILES string of the molecule is CC(C)(C)OC(=O)C[C@H]1C=C(c2ccc(O)c(F)c2)NO1. The van der Waals surface area contributed by atoms with Crippen LogP contribution in [0.2, 0.25) is 0 Å². The van der Waals surface area contributed by atoms with Gasteiger partial charge in [0, 0.05) is 5.56 Å². The van der Waals surface area contributed by atoms with E-state index in [1.165, 1.54) is 12.1 Å². The fourth-order valence-corrected chi connectivity index (χ4v) is 1.87. The standard InChI is InChI=1S/C15H18FNO4/c1-15(2,3)20-14(19)8-10-7-12(17-21-10)9-4-5-13(18)11(16)6-9/h4-7,10,17-18H,8H2,1-3H3/t10-/m1/s1. The molecular formula is C15H18FNO4. The molecule has 1 aromatic rings. The lowest BCUT2D eigenvalue weighted by molar-refractivity contribution is -0.157. The Bertz CT molecular complexity index is 578. The van der Waals surface area contributed by atoms with Crippen LogP contribution in [-0.4, -0.2) is 22.8 Å². The van der Waals surface area contributed by atoms with Crippen LogP contribution in [0.4, 0.5) is 4.39 Å². The molecule has 1 atom stereocenters. The molecule has 0 fully saturated rings. The van der Waals surface area contributed by atoms with E-state index >= 15 is 0 Å². The summed E-state index contributed by atoms with van der Waals surface area (Å²) in [5.41, 5.74) is 3.17. The van der Waals surface area contributed by atoms with Crippen molar-refractivity contribution in [1.29, 1.82) is 0 Å². The maximum atomic E-state index is 13.3. The zero-order chi connectivity index (χ0) is 15.6. The Kier molecular flexibility index (Phi) is 4.18. The lowest BCUT2D eigenvalue weighted by Crippen LogP contribution is -2.26. The number of carbonyl (C=O) groups is 1. The van der Waals surface area contributed by atoms with Gasteiger partial charge in [0.1, 0.15) is 11.7 Å². The van der Waals surface area contributed by atoms with Gasteiger partial charge < -0.3 is 9.84 Å². The molecule has 5 nitrogen and oxygen atoms in total. The molecule has 1 aliphatic heterocycles. The molecule has 0 radical (unpaired) electrons. The summed E-state index contributed by atoms with van der Waals surface area (Å²) in [4.78, 5) is 17.0. The smallest absolute Gasteiger partial charge is 0.309 e. The molecule has 2 rings (SSSR count). The van der Waals surface area contributed by atoms with Gasteiger partial charge in [-0.25, -0.2) is 4.39 Å². The van der Waals surface area contributed by atoms with Gasteiger partial charge in [0.15, 0.2) is 11.6 Å². The number of rotatable bonds is 3. The predicted molar refractivity (Wildman–Crippen MR) is 74.5 cm³/mol. The van der Waals surface area contributed by atoms with E-state index in [9.17, 15) is 9.18 Å². The number of esters is 1. The second kappa shape index (κ2) is 5.73. The van der Waals surface area contributed by atoms with Crippen LogP contribution < -0.4 is 5.48 Å². The van der Waals surface area contributed by atoms with Gasteiger partial charge in [-0.1, -0.05) is 0 Å². The average Bonchev–Trinajstić information content (AvgIpc) is 2.78. The Hall–Kier alpha value is -2.08. The summed E-state index contributed by atoms with van der Waals surface area (Å²) in [6, 6.07) is 4.00. The van der Waals surface area contributed by atoms with Gasteiger partial charge in [0.25, 0.3) is 0 Å². The van der Waals surface area contributed by atoms with Crippen LogP contribution in [0.3, 0.4) is 0 Å². The van der Waals surface area contributed by atoms with Gasteiger partial charge in [-0.3, -0.25) is 15.1 Å². The highest BCUT2D eigenvalue weighted by Gasteiger charge is 2.24. The van der Waals surface area contributed by atoms with Crippen molar-refractivity contribution in [2.24, 2.45) is 0 Å². The number of carbonyl (C=O) groups excluding carboxylic acids is 1. The third kappa shape index (κ3) is 4.19. The molecule has 0 amide bonds. The third-order valence-electron chi connectivity index (χ3n) is 2.72. The third-order valence-corrected chi connectivity index (χ3v) is 2.72. The Morgan fingerprint density at radius 1 is 1.48 bits per heavy atom. The summed E-state index contributed by atoms with van der Waals surface area (Å²) < 4.78 is 18.5. The van der Waals surface area contributed by atoms with Gasteiger partial charge in [0.05, 0.1) is 12.1 Å². The number of nitrogens with one attached hydrogen (secondary N) is 1. The maximum Gasteiger partial charge on any atom is 0.309 e. The Morgan fingerprint density at radius 3 is 2.81 bits per heavy atom. The highest BCUT2D eigenvalue weighted by molar-refractivity contribution is 5.72. The van der Waals surface area contributed by atoms with Crippen molar-refractivity contribution in [2.75, 3.05) is 0 Å². The first-order valence-corrected chi connectivity index (χ1v) is 6.59.